The van der Waals surface area contributed by atoms with E-state index in [0.717, 1.165) is 28.0 Å². The van der Waals surface area contributed by atoms with Crippen LogP contribution in [0.3, 0.4) is 0 Å². The summed E-state index contributed by atoms with van der Waals surface area (Å²) in [6.45, 7) is 5.56. The smallest absolute Gasteiger partial charge is 0.291 e. The molecule has 27 heavy (non-hydrogen) atoms. The number of carbonyl (C=O) groups excluding carboxylic acids is 1. The fourth-order valence-electron chi connectivity index (χ4n) is 2.40. The second-order valence-corrected chi connectivity index (χ2v) is 8.90. The Labute approximate surface area is 161 Å². The molecule has 0 radical (unpaired) electrons. The molecule has 2 aromatic carbocycles. The average Bonchev–Trinajstić information content (AvgIpc) is 3.08. The number of aromatic nitrogens is 2. The topological polar surface area (TPSA) is 101 Å². The highest BCUT2D eigenvalue weighted by molar-refractivity contribution is 7.94. The third kappa shape index (κ3) is 4.32. The van der Waals surface area contributed by atoms with E-state index in [4.69, 9.17) is 0 Å². The molecule has 3 aromatic rings. The summed E-state index contributed by atoms with van der Waals surface area (Å²) in [5.74, 6) is -0.377. The van der Waals surface area contributed by atoms with Gasteiger partial charge in [0.25, 0.3) is 20.3 Å². The maximum Gasteiger partial charge on any atom is 0.291 e. The molecule has 140 valence electrons. The summed E-state index contributed by atoms with van der Waals surface area (Å²) >= 11 is 0.792. The van der Waals surface area contributed by atoms with Crippen LogP contribution in [0, 0.1) is 20.8 Å². The van der Waals surface area contributed by atoms with Crippen LogP contribution in [0.4, 0.5) is 10.8 Å². The number of hydrogen-bond donors (Lipinski definition) is 2. The first kappa shape index (κ1) is 19.0. The predicted octanol–water partition coefficient (Wildman–Crippen LogP) is 3.52. The summed E-state index contributed by atoms with van der Waals surface area (Å²) in [5, 5.41) is 10.2. The Balaban J connectivity index is 1.78. The fourth-order valence-corrected chi connectivity index (χ4v) is 4.50. The largest absolute Gasteiger partial charge is 0.296 e. The summed E-state index contributed by atoms with van der Waals surface area (Å²) < 4.78 is 27.5. The molecule has 0 bridgehead atoms. The number of aryl methyl sites for hydroxylation is 3. The van der Waals surface area contributed by atoms with Gasteiger partial charge in [0.15, 0.2) is 0 Å². The van der Waals surface area contributed by atoms with E-state index in [9.17, 15) is 13.2 Å². The van der Waals surface area contributed by atoms with E-state index in [1.165, 1.54) is 0 Å². The van der Waals surface area contributed by atoms with Crippen LogP contribution in [0.1, 0.15) is 27.0 Å². The average molecular weight is 403 g/mol. The Kier molecular flexibility index (Phi) is 5.24. The van der Waals surface area contributed by atoms with Crippen molar-refractivity contribution in [3.8, 4) is 0 Å². The number of nitrogens with zero attached hydrogens (tertiary/aromatic N) is 2. The molecule has 0 aliphatic carbocycles. The van der Waals surface area contributed by atoms with Gasteiger partial charge in [0.05, 0.1) is 5.69 Å². The first-order chi connectivity index (χ1) is 12.8. The Bertz CT molecular complexity index is 1070. The summed E-state index contributed by atoms with van der Waals surface area (Å²) in [6.07, 6.45) is 0. The van der Waals surface area contributed by atoms with Crippen molar-refractivity contribution < 1.29 is 13.2 Å². The van der Waals surface area contributed by atoms with Gasteiger partial charge < -0.3 is 0 Å². The van der Waals surface area contributed by atoms with Crippen LogP contribution in [0.25, 0.3) is 0 Å². The molecule has 0 aliphatic rings. The molecule has 0 unspecified atom stereocenters. The van der Waals surface area contributed by atoms with Crippen molar-refractivity contribution in [3.05, 3.63) is 64.7 Å². The summed E-state index contributed by atoms with van der Waals surface area (Å²) in [5.41, 5.74) is 3.60. The second-order valence-electron chi connectivity index (χ2n) is 6.07. The van der Waals surface area contributed by atoms with E-state index in [2.05, 4.69) is 20.2 Å². The molecule has 0 spiro atoms. The zero-order chi connectivity index (χ0) is 19.6. The van der Waals surface area contributed by atoms with Gasteiger partial charge in [-0.1, -0.05) is 47.2 Å². The van der Waals surface area contributed by atoms with Crippen molar-refractivity contribution in [2.24, 2.45) is 0 Å². The molecule has 0 saturated heterocycles. The standard InChI is InChI=1S/C18H18N4O3S2/c1-11-7-9-14(10-8-11)16(23)19-17-20-21-18(26-17)27(24,25)22-15-12(2)5-4-6-13(15)3/h4-10,22H,1-3H3,(H,19,20,23). The van der Waals surface area contributed by atoms with E-state index in [0.29, 0.717) is 11.3 Å². The number of benzene rings is 2. The Morgan fingerprint density at radius 2 is 1.59 bits per heavy atom. The van der Waals surface area contributed by atoms with Gasteiger partial charge in [-0.25, -0.2) is 0 Å². The van der Waals surface area contributed by atoms with E-state index < -0.39 is 10.0 Å². The number of anilines is 2. The van der Waals surface area contributed by atoms with Crippen LogP contribution in [-0.2, 0) is 10.0 Å². The lowest BCUT2D eigenvalue weighted by Crippen LogP contribution is -2.14. The maximum atomic E-state index is 12.6. The molecule has 1 amide bonds. The molecule has 2 N–H and O–H groups in total. The van der Waals surface area contributed by atoms with Gasteiger partial charge in [-0.05, 0) is 44.0 Å². The zero-order valence-electron chi connectivity index (χ0n) is 15.0. The highest BCUT2D eigenvalue weighted by Gasteiger charge is 2.22. The molecule has 0 fully saturated rings. The van der Waals surface area contributed by atoms with Gasteiger partial charge >= 0.3 is 0 Å². The van der Waals surface area contributed by atoms with Crippen molar-refractivity contribution in [3.63, 3.8) is 0 Å². The summed E-state index contributed by atoms with van der Waals surface area (Å²) in [4.78, 5) is 12.2. The SMILES string of the molecule is Cc1ccc(C(=O)Nc2nnc(S(=O)(=O)Nc3c(C)cccc3C)s2)cc1. The highest BCUT2D eigenvalue weighted by atomic mass is 32.2. The molecular weight excluding hydrogens is 384 g/mol. The van der Waals surface area contributed by atoms with Crippen LogP contribution < -0.4 is 10.0 Å². The van der Waals surface area contributed by atoms with Gasteiger partial charge in [-0.15, -0.1) is 10.2 Å². The predicted molar refractivity (Wildman–Crippen MR) is 106 cm³/mol. The first-order valence-corrected chi connectivity index (χ1v) is 10.4. The van der Waals surface area contributed by atoms with Crippen molar-refractivity contribution in [2.45, 2.75) is 25.1 Å². The van der Waals surface area contributed by atoms with Crippen LogP contribution in [0.2, 0.25) is 0 Å². The van der Waals surface area contributed by atoms with Crippen LogP contribution in [-0.4, -0.2) is 24.5 Å². The Morgan fingerprint density at radius 3 is 2.22 bits per heavy atom. The number of nitrogens with one attached hydrogen (secondary N) is 2. The van der Waals surface area contributed by atoms with Gasteiger partial charge in [0, 0.05) is 5.56 Å². The molecule has 1 aromatic heterocycles. The number of para-hydroxylation sites is 1. The monoisotopic (exact) mass is 402 g/mol. The van der Waals surface area contributed by atoms with Crippen LogP contribution >= 0.6 is 11.3 Å². The lowest BCUT2D eigenvalue weighted by molar-refractivity contribution is 0.102. The molecule has 0 atom stereocenters. The molecule has 9 heteroatoms. The summed E-state index contributed by atoms with van der Waals surface area (Å²) in [6, 6.07) is 12.5. The number of sulfonamides is 1. The third-order valence-electron chi connectivity index (χ3n) is 3.89. The fraction of sp³-hybridized carbons (Fsp3) is 0.167. The summed E-state index contributed by atoms with van der Waals surface area (Å²) in [7, 11) is -3.90. The quantitative estimate of drug-likeness (QED) is 0.636. The molecule has 1 heterocycles. The number of rotatable bonds is 5. The molecule has 0 saturated carbocycles. The van der Waals surface area contributed by atoms with Gasteiger partial charge in [0.2, 0.25) is 5.13 Å². The van der Waals surface area contributed by atoms with Gasteiger partial charge in [0.1, 0.15) is 0 Å². The lowest BCUT2D eigenvalue weighted by atomic mass is 10.1. The van der Waals surface area contributed by atoms with Crippen molar-refractivity contribution in [1.82, 2.24) is 10.2 Å². The highest BCUT2D eigenvalue weighted by Crippen LogP contribution is 2.26. The van der Waals surface area contributed by atoms with Gasteiger partial charge in [-0.2, -0.15) is 8.42 Å². The number of amides is 1. The minimum absolute atomic E-state index is 0.113. The molecule has 7 nitrogen and oxygen atoms in total. The zero-order valence-corrected chi connectivity index (χ0v) is 16.6. The van der Waals surface area contributed by atoms with E-state index in [1.807, 2.05) is 51.1 Å². The molecule has 3 rings (SSSR count). The van der Waals surface area contributed by atoms with Crippen molar-refractivity contribution in [1.29, 1.82) is 0 Å². The second kappa shape index (κ2) is 7.45. The first-order valence-electron chi connectivity index (χ1n) is 8.07. The molecular formula is C18H18N4O3S2. The van der Waals surface area contributed by atoms with E-state index >= 15 is 0 Å². The molecule has 0 aliphatic heterocycles. The Morgan fingerprint density at radius 1 is 0.963 bits per heavy atom. The number of hydrogen-bond acceptors (Lipinski definition) is 6. The minimum atomic E-state index is -3.90. The van der Waals surface area contributed by atoms with Crippen LogP contribution in [0.5, 0.6) is 0 Å². The van der Waals surface area contributed by atoms with Crippen molar-refractivity contribution >= 4 is 38.1 Å². The number of carbonyl (C=O) groups is 1. The van der Waals surface area contributed by atoms with Gasteiger partial charge in [-0.3, -0.25) is 14.8 Å². The minimum Gasteiger partial charge on any atom is -0.296 e. The van der Waals surface area contributed by atoms with Crippen molar-refractivity contribution in [2.75, 3.05) is 10.0 Å². The normalized spacial score (nSPS) is 11.2. The third-order valence-corrected chi connectivity index (χ3v) is 6.44. The Hall–Kier alpha value is -2.78. The lowest BCUT2D eigenvalue weighted by Gasteiger charge is -2.11. The van der Waals surface area contributed by atoms with Crippen LogP contribution in [0.15, 0.2) is 46.8 Å². The maximum absolute atomic E-state index is 12.6. The van der Waals surface area contributed by atoms with E-state index in [1.54, 1.807) is 12.1 Å². The van der Waals surface area contributed by atoms with E-state index in [-0.39, 0.29) is 15.4 Å².